The molecule has 0 unspecified atom stereocenters. The van der Waals surface area contributed by atoms with Crippen LogP contribution in [0.3, 0.4) is 0 Å². The van der Waals surface area contributed by atoms with E-state index in [0.717, 1.165) is 19.3 Å². The summed E-state index contributed by atoms with van der Waals surface area (Å²) in [4.78, 5) is 11.8. The molecule has 1 aliphatic rings. The van der Waals surface area contributed by atoms with Crippen molar-refractivity contribution < 1.29 is 39.8 Å². The third-order valence-corrected chi connectivity index (χ3v) is 6.07. The molecule has 0 amide bonds. The normalized spacial score (nSPS) is 20.6. The number of carbonyl (C=O) groups excluding carboxylic acids is 1. The smallest absolute Gasteiger partial charge is 0.305 e. The first kappa shape index (κ1) is 33.2. The molecular weight excluding hydrogens is 440 g/mol. The van der Waals surface area contributed by atoms with E-state index in [0.29, 0.717) is 6.42 Å². The molecule has 0 spiro atoms. The summed E-state index contributed by atoms with van der Waals surface area (Å²) in [6.07, 6.45) is 15.4. The van der Waals surface area contributed by atoms with Crippen LogP contribution in [0.2, 0.25) is 0 Å². The number of unbranched alkanes of at least 4 members (excludes halogenated alkanes) is 14. The first-order valence-electron chi connectivity index (χ1n) is 13.5. The summed E-state index contributed by atoms with van der Waals surface area (Å²) < 4.78 is 10.2. The van der Waals surface area contributed by atoms with E-state index in [-0.39, 0.29) is 32.4 Å². The standard InChI is InChI=1S/C24H46O6.C2H6O2/c1-2-3-4-5-6-7-8-9-10-11-12-13-14-15-16-17-22(27)29-19-21(26)24-23(28)20(25)18-30-24;3-1-2-4/h20-21,23-26,28H,2-19H2,1H3;3-4H,1-2H2/t20-,21+,23+,24+;/m0./s1. The Morgan fingerprint density at radius 1 is 0.824 bits per heavy atom. The molecule has 1 saturated heterocycles. The van der Waals surface area contributed by atoms with E-state index in [1.54, 1.807) is 0 Å². The summed E-state index contributed by atoms with van der Waals surface area (Å²) in [5.41, 5.74) is 0. The molecule has 204 valence electrons. The van der Waals surface area contributed by atoms with E-state index in [1.807, 2.05) is 0 Å². The zero-order valence-corrected chi connectivity index (χ0v) is 21.4. The Morgan fingerprint density at radius 2 is 1.26 bits per heavy atom. The van der Waals surface area contributed by atoms with Crippen molar-refractivity contribution in [2.75, 3.05) is 26.4 Å². The predicted molar refractivity (Wildman–Crippen MR) is 132 cm³/mol. The highest BCUT2D eigenvalue weighted by Crippen LogP contribution is 2.18. The third-order valence-electron chi connectivity index (χ3n) is 6.07. The fraction of sp³-hybridized carbons (Fsp3) is 0.962. The van der Waals surface area contributed by atoms with Gasteiger partial charge in [0.05, 0.1) is 19.8 Å². The Labute approximate surface area is 206 Å². The molecule has 1 rings (SSSR count). The summed E-state index contributed by atoms with van der Waals surface area (Å²) in [6, 6.07) is 0. The molecule has 1 heterocycles. The van der Waals surface area contributed by atoms with Crippen molar-refractivity contribution in [3.63, 3.8) is 0 Å². The zero-order valence-electron chi connectivity index (χ0n) is 21.4. The summed E-state index contributed by atoms with van der Waals surface area (Å²) in [7, 11) is 0. The second-order valence-electron chi connectivity index (χ2n) is 9.25. The number of aliphatic hydroxyl groups excluding tert-OH is 5. The van der Waals surface area contributed by atoms with Crippen molar-refractivity contribution in [2.45, 2.75) is 134 Å². The summed E-state index contributed by atoms with van der Waals surface area (Å²) in [5.74, 6) is -0.336. The molecule has 34 heavy (non-hydrogen) atoms. The molecule has 5 N–H and O–H groups in total. The molecule has 0 saturated carbocycles. The molecule has 1 aliphatic heterocycles. The van der Waals surface area contributed by atoms with Gasteiger partial charge in [0.1, 0.15) is 31.0 Å². The lowest BCUT2D eigenvalue weighted by molar-refractivity contribution is -0.151. The average molecular weight is 493 g/mol. The predicted octanol–water partition coefficient (Wildman–Crippen LogP) is 3.24. The zero-order chi connectivity index (χ0) is 25.4. The van der Waals surface area contributed by atoms with Gasteiger partial charge in [0, 0.05) is 6.42 Å². The van der Waals surface area contributed by atoms with Crippen LogP contribution in [-0.4, -0.2) is 82.3 Å². The molecule has 0 aromatic carbocycles. The lowest BCUT2D eigenvalue weighted by atomic mass is 10.0. The number of aliphatic hydroxyl groups is 5. The Bertz CT molecular complexity index is 447. The van der Waals surface area contributed by atoms with Crippen molar-refractivity contribution in [1.82, 2.24) is 0 Å². The summed E-state index contributed by atoms with van der Waals surface area (Å²) in [6.45, 7) is 1.78. The largest absolute Gasteiger partial charge is 0.463 e. The van der Waals surface area contributed by atoms with Crippen molar-refractivity contribution in [3.05, 3.63) is 0 Å². The van der Waals surface area contributed by atoms with Gasteiger partial charge >= 0.3 is 5.97 Å². The second kappa shape index (κ2) is 23.9. The topological polar surface area (TPSA) is 137 Å². The van der Waals surface area contributed by atoms with Gasteiger partial charge in [0.2, 0.25) is 0 Å². The van der Waals surface area contributed by atoms with Gasteiger partial charge in [-0.15, -0.1) is 0 Å². The minimum Gasteiger partial charge on any atom is -0.463 e. The molecule has 0 aromatic rings. The van der Waals surface area contributed by atoms with Gasteiger partial charge in [-0.3, -0.25) is 4.79 Å². The second-order valence-corrected chi connectivity index (χ2v) is 9.25. The van der Waals surface area contributed by atoms with E-state index >= 15 is 0 Å². The van der Waals surface area contributed by atoms with Crippen molar-refractivity contribution >= 4 is 5.97 Å². The molecule has 0 aliphatic carbocycles. The molecule has 0 bridgehead atoms. The van der Waals surface area contributed by atoms with Gasteiger partial charge in [0.25, 0.3) is 0 Å². The SMILES string of the molecule is CCCCCCCCCCCCCCCCCC(=O)OC[C@@H](O)[C@H]1OC[C@H](O)[C@H]1O.OCCO. The van der Waals surface area contributed by atoms with Crippen LogP contribution in [0.15, 0.2) is 0 Å². The highest BCUT2D eigenvalue weighted by molar-refractivity contribution is 5.69. The van der Waals surface area contributed by atoms with Crippen molar-refractivity contribution in [3.8, 4) is 0 Å². The van der Waals surface area contributed by atoms with Gasteiger partial charge < -0.3 is 35.0 Å². The van der Waals surface area contributed by atoms with Gasteiger partial charge in [-0.25, -0.2) is 0 Å². The minimum absolute atomic E-state index is 0.0179. The molecule has 4 atom stereocenters. The van der Waals surface area contributed by atoms with Crippen LogP contribution < -0.4 is 0 Å². The summed E-state index contributed by atoms with van der Waals surface area (Å²) in [5, 5.41) is 44.2. The van der Waals surface area contributed by atoms with Crippen LogP contribution in [-0.2, 0) is 14.3 Å². The molecular formula is C26H52O8. The number of ether oxygens (including phenoxy) is 2. The average Bonchev–Trinajstić information content (AvgIpc) is 3.18. The van der Waals surface area contributed by atoms with E-state index in [9.17, 15) is 20.1 Å². The molecule has 0 aromatic heterocycles. The number of hydrogen-bond donors (Lipinski definition) is 5. The lowest BCUT2D eigenvalue weighted by Gasteiger charge is -2.20. The van der Waals surface area contributed by atoms with Gasteiger partial charge in [-0.05, 0) is 6.42 Å². The number of esters is 1. The van der Waals surface area contributed by atoms with Crippen LogP contribution in [0.1, 0.15) is 110 Å². The Hall–Kier alpha value is -0.770. The van der Waals surface area contributed by atoms with E-state index in [2.05, 4.69) is 6.92 Å². The summed E-state index contributed by atoms with van der Waals surface area (Å²) >= 11 is 0. The van der Waals surface area contributed by atoms with Crippen LogP contribution in [0.5, 0.6) is 0 Å². The lowest BCUT2D eigenvalue weighted by Crippen LogP contribution is -2.41. The van der Waals surface area contributed by atoms with Crippen LogP contribution in [0.25, 0.3) is 0 Å². The van der Waals surface area contributed by atoms with Gasteiger partial charge in [-0.2, -0.15) is 0 Å². The van der Waals surface area contributed by atoms with Crippen LogP contribution in [0, 0.1) is 0 Å². The Kier molecular flexibility index (Phi) is 23.4. The number of carbonyl (C=O) groups is 1. The first-order chi connectivity index (χ1) is 16.5. The Morgan fingerprint density at radius 3 is 1.65 bits per heavy atom. The van der Waals surface area contributed by atoms with E-state index in [4.69, 9.17) is 19.7 Å². The number of hydrogen-bond acceptors (Lipinski definition) is 8. The van der Waals surface area contributed by atoms with Gasteiger partial charge in [0.15, 0.2) is 0 Å². The fourth-order valence-electron chi connectivity index (χ4n) is 3.95. The maximum Gasteiger partial charge on any atom is 0.305 e. The third kappa shape index (κ3) is 18.5. The fourth-order valence-corrected chi connectivity index (χ4v) is 3.95. The molecule has 8 nitrogen and oxygen atoms in total. The molecule has 1 fully saturated rings. The monoisotopic (exact) mass is 492 g/mol. The highest BCUT2D eigenvalue weighted by atomic mass is 16.6. The van der Waals surface area contributed by atoms with E-state index < -0.39 is 24.4 Å². The van der Waals surface area contributed by atoms with Crippen LogP contribution >= 0.6 is 0 Å². The van der Waals surface area contributed by atoms with Gasteiger partial charge in [-0.1, -0.05) is 96.8 Å². The quantitative estimate of drug-likeness (QED) is 0.129. The molecule has 0 radical (unpaired) electrons. The highest BCUT2D eigenvalue weighted by Gasteiger charge is 2.39. The van der Waals surface area contributed by atoms with Crippen molar-refractivity contribution in [2.24, 2.45) is 0 Å². The maximum absolute atomic E-state index is 11.8. The van der Waals surface area contributed by atoms with Crippen LogP contribution in [0.4, 0.5) is 0 Å². The van der Waals surface area contributed by atoms with E-state index in [1.165, 1.54) is 77.0 Å². The first-order valence-corrected chi connectivity index (χ1v) is 13.5. The van der Waals surface area contributed by atoms with Crippen molar-refractivity contribution in [1.29, 1.82) is 0 Å². The Balaban J connectivity index is 0.00000251. The minimum atomic E-state index is -1.14. The maximum atomic E-state index is 11.8. The molecule has 8 heteroatoms. The number of rotatable bonds is 20.